The van der Waals surface area contributed by atoms with Crippen LogP contribution in [0.4, 0.5) is 10.5 Å². The van der Waals surface area contributed by atoms with Crippen molar-refractivity contribution in [1.82, 2.24) is 10.6 Å². The Morgan fingerprint density at radius 3 is 2.35 bits per heavy atom. The van der Waals surface area contributed by atoms with Crippen LogP contribution in [0.1, 0.15) is 56.6 Å². The van der Waals surface area contributed by atoms with Crippen LogP contribution in [0.3, 0.4) is 0 Å². The SMILES string of the molecule is CCOC(=O)c1ccc(NC(=O)COc2c(Br)cc([C@H]3NC(=O)NC(C)=C3C(=O)OC(C)(C)C)cc2OC)cc1. The first-order valence-electron chi connectivity index (χ1n) is 12.4. The first-order valence-corrected chi connectivity index (χ1v) is 13.2. The molecule has 0 aliphatic carbocycles. The minimum absolute atomic E-state index is 0.241. The van der Waals surface area contributed by atoms with Crippen molar-refractivity contribution in [3.05, 3.63) is 63.3 Å². The van der Waals surface area contributed by atoms with Crippen molar-refractivity contribution in [2.45, 2.75) is 46.3 Å². The number of carbonyl (C=O) groups is 4. The van der Waals surface area contributed by atoms with Gasteiger partial charge in [0.1, 0.15) is 5.60 Å². The summed E-state index contributed by atoms with van der Waals surface area (Å²) in [6.07, 6.45) is 0. The number of hydrogen-bond donors (Lipinski definition) is 3. The van der Waals surface area contributed by atoms with Crippen LogP contribution in [0.25, 0.3) is 0 Å². The van der Waals surface area contributed by atoms with E-state index in [1.807, 2.05) is 0 Å². The number of rotatable bonds is 9. The summed E-state index contributed by atoms with van der Waals surface area (Å²) >= 11 is 3.45. The van der Waals surface area contributed by atoms with E-state index < -0.39 is 35.5 Å². The van der Waals surface area contributed by atoms with E-state index in [-0.39, 0.29) is 30.3 Å². The average molecular weight is 618 g/mol. The van der Waals surface area contributed by atoms with Crippen LogP contribution in [0.15, 0.2) is 52.1 Å². The van der Waals surface area contributed by atoms with Crippen LogP contribution in [-0.4, -0.2) is 49.8 Å². The van der Waals surface area contributed by atoms with Crippen LogP contribution in [-0.2, 0) is 19.1 Å². The van der Waals surface area contributed by atoms with Crippen molar-refractivity contribution in [1.29, 1.82) is 0 Å². The Bertz CT molecular complexity index is 1330. The summed E-state index contributed by atoms with van der Waals surface area (Å²) in [5.74, 6) is -0.955. The highest BCUT2D eigenvalue weighted by atomic mass is 79.9. The van der Waals surface area contributed by atoms with Crippen molar-refractivity contribution >= 4 is 45.5 Å². The molecular formula is C28H32BrN3O8. The molecule has 0 aromatic heterocycles. The van der Waals surface area contributed by atoms with Crippen LogP contribution < -0.4 is 25.4 Å². The van der Waals surface area contributed by atoms with Crippen LogP contribution in [0.2, 0.25) is 0 Å². The zero-order valence-electron chi connectivity index (χ0n) is 23.1. The second-order valence-corrected chi connectivity index (χ2v) is 10.6. The molecule has 1 heterocycles. The molecule has 12 heteroatoms. The summed E-state index contributed by atoms with van der Waals surface area (Å²) in [4.78, 5) is 49.6. The normalized spacial score (nSPS) is 15.0. The van der Waals surface area contributed by atoms with Gasteiger partial charge in [-0.05, 0) is 92.5 Å². The summed E-state index contributed by atoms with van der Waals surface area (Å²) in [6, 6.07) is 8.24. The predicted molar refractivity (Wildman–Crippen MR) is 150 cm³/mol. The third-order valence-electron chi connectivity index (χ3n) is 5.50. The lowest BCUT2D eigenvalue weighted by Crippen LogP contribution is -2.46. The van der Waals surface area contributed by atoms with E-state index in [2.05, 4.69) is 31.9 Å². The van der Waals surface area contributed by atoms with E-state index in [1.54, 1.807) is 71.0 Å². The highest BCUT2D eigenvalue weighted by molar-refractivity contribution is 9.10. The van der Waals surface area contributed by atoms with Crippen molar-refractivity contribution in [2.24, 2.45) is 0 Å². The third-order valence-corrected chi connectivity index (χ3v) is 6.09. The van der Waals surface area contributed by atoms with Gasteiger partial charge in [-0.2, -0.15) is 0 Å². The molecule has 0 fully saturated rings. The van der Waals surface area contributed by atoms with Gasteiger partial charge in [-0.15, -0.1) is 0 Å². The van der Waals surface area contributed by atoms with Crippen molar-refractivity contribution in [3.8, 4) is 11.5 Å². The number of carbonyl (C=O) groups excluding carboxylic acids is 4. The molecule has 0 saturated carbocycles. The minimum Gasteiger partial charge on any atom is -0.493 e. The largest absolute Gasteiger partial charge is 0.493 e. The molecule has 0 bridgehead atoms. The van der Waals surface area contributed by atoms with E-state index in [0.29, 0.717) is 27.0 Å². The molecule has 0 saturated heterocycles. The van der Waals surface area contributed by atoms with E-state index in [0.717, 1.165) is 0 Å². The molecule has 2 aromatic carbocycles. The number of ether oxygens (including phenoxy) is 4. The number of allylic oxidation sites excluding steroid dienone is 1. The fourth-order valence-corrected chi connectivity index (χ4v) is 4.41. The molecule has 1 aliphatic rings. The van der Waals surface area contributed by atoms with Gasteiger partial charge in [-0.1, -0.05) is 0 Å². The number of amides is 3. The topological polar surface area (TPSA) is 141 Å². The van der Waals surface area contributed by atoms with Crippen LogP contribution >= 0.6 is 15.9 Å². The Balaban J connectivity index is 1.77. The van der Waals surface area contributed by atoms with Crippen molar-refractivity contribution in [2.75, 3.05) is 25.6 Å². The van der Waals surface area contributed by atoms with Gasteiger partial charge >= 0.3 is 18.0 Å². The summed E-state index contributed by atoms with van der Waals surface area (Å²) < 4.78 is 22.2. The fourth-order valence-electron chi connectivity index (χ4n) is 3.83. The highest BCUT2D eigenvalue weighted by Crippen LogP contribution is 2.40. The number of urea groups is 1. The van der Waals surface area contributed by atoms with Gasteiger partial charge in [0.25, 0.3) is 5.91 Å². The summed E-state index contributed by atoms with van der Waals surface area (Å²) in [6.45, 7) is 8.53. The summed E-state index contributed by atoms with van der Waals surface area (Å²) in [5.41, 5.74) is 1.24. The number of benzene rings is 2. The second-order valence-electron chi connectivity index (χ2n) is 9.74. The Kier molecular flexibility index (Phi) is 9.80. The van der Waals surface area contributed by atoms with E-state index in [1.165, 1.54) is 7.11 Å². The molecule has 1 atom stereocenters. The van der Waals surface area contributed by atoms with Gasteiger partial charge in [-0.25, -0.2) is 14.4 Å². The van der Waals surface area contributed by atoms with Crippen LogP contribution in [0.5, 0.6) is 11.5 Å². The van der Waals surface area contributed by atoms with Gasteiger partial charge in [0.15, 0.2) is 18.1 Å². The summed E-state index contributed by atoms with van der Waals surface area (Å²) in [7, 11) is 1.43. The number of esters is 2. The zero-order chi connectivity index (χ0) is 29.6. The van der Waals surface area contributed by atoms with Crippen molar-refractivity contribution in [3.63, 3.8) is 0 Å². The van der Waals surface area contributed by atoms with Gasteiger partial charge in [0.05, 0.1) is 35.4 Å². The van der Waals surface area contributed by atoms with Gasteiger partial charge in [0.2, 0.25) is 0 Å². The fraction of sp³-hybridized carbons (Fsp3) is 0.357. The number of nitrogens with one attached hydrogen (secondary N) is 3. The minimum atomic E-state index is -0.830. The Morgan fingerprint density at radius 2 is 1.75 bits per heavy atom. The monoisotopic (exact) mass is 617 g/mol. The number of anilines is 1. The van der Waals surface area contributed by atoms with Crippen molar-refractivity contribution < 1.29 is 38.1 Å². The maximum absolute atomic E-state index is 13.0. The molecule has 0 spiro atoms. The Morgan fingerprint density at radius 1 is 1.07 bits per heavy atom. The smallest absolute Gasteiger partial charge is 0.338 e. The van der Waals surface area contributed by atoms with Gasteiger partial charge in [0, 0.05) is 11.4 Å². The Labute approximate surface area is 240 Å². The molecule has 3 amide bonds. The number of hydrogen-bond acceptors (Lipinski definition) is 8. The molecule has 3 N–H and O–H groups in total. The van der Waals surface area contributed by atoms with Gasteiger partial charge < -0.3 is 34.9 Å². The molecule has 0 unspecified atom stereocenters. The molecule has 214 valence electrons. The maximum atomic E-state index is 13.0. The summed E-state index contributed by atoms with van der Waals surface area (Å²) in [5, 5.41) is 8.06. The van der Waals surface area contributed by atoms with E-state index in [9.17, 15) is 19.2 Å². The Hall–Kier alpha value is -4.06. The zero-order valence-corrected chi connectivity index (χ0v) is 24.7. The lowest BCUT2D eigenvalue weighted by molar-refractivity contribution is -0.150. The van der Waals surface area contributed by atoms with Crippen LogP contribution in [0, 0.1) is 0 Å². The molecule has 40 heavy (non-hydrogen) atoms. The second kappa shape index (κ2) is 12.9. The molecule has 2 aromatic rings. The molecular weight excluding hydrogens is 586 g/mol. The maximum Gasteiger partial charge on any atom is 0.338 e. The van der Waals surface area contributed by atoms with E-state index >= 15 is 0 Å². The first kappa shape index (κ1) is 30.5. The lowest BCUT2D eigenvalue weighted by Gasteiger charge is -2.30. The highest BCUT2D eigenvalue weighted by Gasteiger charge is 2.35. The van der Waals surface area contributed by atoms with Gasteiger partial charge in [-0.3, -0.25) is 4.79 Å². The third kappa shape index (κ3) is 7.75. The molecule has 0 radical (unpaired) electrons. The van der Waals surface area contributed by atoms with E-state index in [4.69, 9.17) is 18.9 Å². The predicted octanol–water partition coefficient (Wildman–Crippen LogP) is 4.62. The standard InChI is InChI=1S/C28H32BrN3O8/c1-7-38-25(34)16-8-10-18(11-9-16)31-21(33)14-39-24-19(29)12-17(13-20(24)37-6)23-22(15(2)30-27(36)32-23)26(35)40-28(3,4)5/h8-13,23H,7,14H2,1-6H3,(H,31,33)(H2,30,32,36)/t23-/m1/s1. The number of halogens is 1. The molecule has 1 aliphatic heterocycles. The molecule has 11 nitrogen and oxygen atoms in total. The quantitative estimate of drug-likeness (QED) is 0.346. The first-order chi connectivity index (χ1) is 18.8. The number of methoxy groups -OCH3 is 1. The lowest BCUT2D eigenvalue weighted by atomic mass is 9.95. The molecule has 3 rings (SSSR count). The average Bonchev–Trinajstić information content (AvgIpc) is 2.86.